The van der Waals surface area contributed by atoms with Gasteiger partial charge >= 0.3 is 0 Å². The monoisotopic (exact) mass is 504 g/mol. The number of ether oxygens (including phenoxy) is 2. The van der Waals surface area contributed by atoms with E-state index in [2.05, 4.69) is 46.1 Å². The van der Waals surface area contributed by atoms with Crippen LogP contribution in [0.5, 0.6) is 5.75 Å². The third kappa shape index (κ3) is 7.12. The van der Waals surface area contributed by atoms with Crippen molar-refractivity contribution in [2.75, 3.05) is 33.9 Å². The van der Waals surface area contributed by atoms with Crippen LogP contribution in [0.25, 0.3) is 0 Å². The molecular weight excluding hydrogens is 471 g/mol. The Morgan fingerprint density at radius 1 is 1.36 bits per heavy atom. The standard InChI is InChI=1S/C20H32N4O3.HI/c1-14-6-7-15(17(10-14)27-16-8-9-26-12-16)11-23-19(22-5)24-13-20(2,3)18(25)21-4;/h6-7,10,16H,8-9,11-13H2,1-5H3,(H,21,25)(H2,22,23,24);1H. The molecule has 1 amide bonds. The molecule has 1 aliphatic rings. The summed E-state index contributed by atoms with van der Waals surface area (Å²) in [6.45, 7) is 8.27. The Kier molecular flexibility index (Phi) is 10.0. The number of guanidine groups is 1. The first-order valence-electron chi connectivity index (χ1n) is 9.36. The van der Waals surface area contributed by atoms with Gasteiger partial charge in [-0.2, -0.15) is 0 Å². The van der Waals surface area contributed by atoms with Crippen molar-refractivity contribution >= 4 is 35.8 Å². The molecule has 1 aromatic rings. The lowest BCUT2D eigenvalue weighted by Crippen LogP contribution is -2.47. The highest BCUT2D eigenvalue weighted by atomic mass is 127. The second kappa shape index (κ2) is 11.5. The van der Waals surface area contributed by atoms with Crippen molar-refractivity contribution < 1.29 is 14.3 Å². The van der Waals surface area contributed by atoms with Gasteiger partial charge in [-0.3, -0.25) is 9.79 Å². The van der Waals surface area contributed by atoms with E-state index < -0.39 is 5.41 Å². The van der Waals surface area contributed by atoms with Crippen molar-refractivity contribution in [2.24, 2.45) is 10.4 Å². The number of aliphatic imine (C=N–C) groups is 1. The fourth-order valence-electron chi connectivity index (χ4n) is 2.83. The minimum Gasteiger partial charge on any atom is -0.488 e. The number of rotatable bonds is 7. The Balaban J connectivity index is 0.00000392. The topological polar surface area (TPSA) is 84.0 Å². The van der Waals surface area contributed by atoms with Crippen LogP contribution < -0.4 is 20.7 Å². The fourth-order valence-corrected chi connectivity index (χ4v) is 2.83. The normalized spacial score (nSPS) is 16.9. The second-order valence-electron chi connectivity index (χ2n) is 7.46. The number of halogens is 1. The number of nitrogens with one attached hydrogen (secondary N) is 3. The van der Waals surface area contributed by atoms with Crippen LogP contribution in [0.15, 0.2) is 23.2 Å². The SMILES string of the molecule is CN=C(NCc1ccc(C)cc1OC1CCOC1)NCC(C)(C)C(=O)NC.I. The van der Waals surface area contributed by atoms with Crippen LogP contribution in [-0.2, 0) is 16.1 Å². The van der Waals surface area contributed by atoms with Crippen LogP contribution in [0, 0.1) is 12.3 Å². The van der Waals surface area contributed by atoms with Gasteiger partial charge in [0.2, 0.25) is 5.91 Å². The number of amides is 1. The zero-order chi connectivity index (χ0) is 19.9. The molecular formula is C20H33IN4O3. The first kappa shape index (κ1) is 24.5. The molecule has 2 rings (SSSR count). The van der Waals surface area contributed by atoms with E-state index in [0.29, 0.717) is 25.7 Å². The Hall–Kier alpha value is -1.55. The summed E-state index contributed by atoms with van der Waals surface area (Å²) in [6.07, 6.45) is 1.02. The molecule has 1 unspecified atom stereocenters. The number of aryl methyl sites for hydroxylation is 1. The highest BCUT2D eigenvalue weighted by molar-refractivity contribution is 14.0. The van der Waals surface area contributed by atoms with Gasteiger partial charge in [0.25, 0.3) is 0 Å². The third-order valence-electron chi connectivity index (χ3n) is 4.61. The Labute approximate surface area is 185 Å². The van der Waals surface area contributed by atoms with Gasteiger partial charge in [0.05, 0.1) is 18.6 Å². The summed E-state index contributed by atoms with van der Waals surface area (Å²) in [6, 6.07) is 6.19. The van der Waals surface area contributed by atoms with Crippen LogP contribution in [-0.4, -0.2) is 51.8 Å². The number of benzene rings is 1. The van der Waals surface area contributed by atoms with E-state index in [9.17, 15) is 4.79 Å². The summed E-state index contributed by atoms with van der Waals surface area (Å²) >= 11 is 0. The lowest BCUT2D eigenvalue weighted by molar-refractivity contribution is -0.128. The minimum absolute atomic E-state index is 0. The van der Waals surface area contributed by atoms with Gasteiger partial charge in [-0.05, 0) is 32.4 Å². The summed E-state index contributed by atoms with van der Waals surface area (Å²) in [5.74, 6) is 1.50. The van der Waals surface area contributed by atoms with E-state index in [1.54, 1.807) is 14.1 Å². The fraction of sp³-hybridized carbons (Fsp3) is 0.600. The van der Waals surface area contributed by atoms with Gasteiger partial charge in [0.1, 0.15) is 11.9 Å². The summed E-state index contributed by atoms with van der Waals surface area (Å²) in [4.78, 5) is 16.2. The molecule has 1 fully saturated rings. The molecule has 0 radical (unpaired) electrons. The lowest BCUT2D eigenvalue weighted by Gasteiger charge is -2.24. The second-order valence-corrected chi connectivity index (χ2v) is 7.46. The van der Waals surface area contributed by atoms with E-state index in [-0.39, 0.29) is 36.0 Å². The van der Waals surface area contributed by atoms with Crippen LogP contribution in [0.3, 0.4) is 0 Å². The van der Waals surface area contributed by atoms with Crippen LogP contribution >= 0.6 is 24.0 Å². The molecule has 0 spiro atoms. The molecule has 158 valence electrons. The van der Waals surface area contributed by atoms with Crippen molar-refractivity contribution in [1.82, 2.24) is 16.0 Å². The predicted octanol–water partition coefficient (Wildman–Crippen LogP) is 2.22. The van der Waals surface area contributed by atoms with Crippen molar-refractivity contribution in [1.29, 1.82) is 0 Å². The number of hydrogen-bond acceptors (Lipinski definition) is 4. The van der Waals surface area contributed by atoms with Gasteiger partial charge < -0.3 is 25.4 Å². The molecule has 8 heteroatoms. The number of carbonyl (C=O) groups is 1. The van der Waals surface area contributed by atoms with E-state index in [0.717, 1.165) is 29.9 Å². The molecule has 1 aromatic carbocycles. The highest BCUT2D eigenvalue weighted by Gasteiger charge is 2.26. The smallest absolute Gasteiger partial charge is 0.227 e. The van der Waals surface area contributed by atoms with Gasteiger partial charge in [-0.15, -0.1) is 24.0 Å². The van der Waals surface area contributed by atoms with Crippen molar-refractivity contribution in [3.8, 4) is 5.75 Å². The predicted molar refractivity (Wildman–Crippen MR) is 122 cm³/mol. The summed E-state index contributed by atoms with van der Waals surface area (Å²) in [5.41, 5.74) is 1.68. The number of nitrogens with zero attached hydrogens (tertiary/aromatic N) is 1. The van der Waals surface area contributed by atoms with Crippen LogP contribution in [0.1, 0.15) is 31.4 Å². The van der Waals surface area contributed by atoms with E-state index >= 15 is 0 Å². The maximum Gasteiger partial charge on any atom is 0.227 e. The molecule has 1 atom stereocenters. The van der Waals surface area contributed by atoms with E-state index in [1.807, 2.05) is 13.8 Å². The average Bonchev–Trinajstić information content (AvgIpc) is 3.15. The molecule has 0 bridgehead atoms. The summed E-state index contributed by atoms with van der Waals surface area (Å²) < 4.78 is 11.5. The molecule has 0 saturated carbocycles. The maximum atomic E-state index is 11.9. The first-order valence-corrected chi connectivity index (χ1v) is 9.36. The highest BCUT2D eigenvalue weighted by Crippen LogP contribution is 2.23. The quantitative estimate of drug-likeness (QED) is 0.302. The minimum atomic E-state index is -0.535. The Bertz CT molecular complexity index is 673. The molecule has 1 saturated heterocycles. The molecule has 28 heavy (non-hydrogen) atoms. The van der Waals surface area contributed by atoms with Gasteiger partial charge in [-0.25, -0.2) is 0 Å². The largest absolute Gasteiger partial charge is 0.488 e. The molecule has 1 aliphatic heterocycles. The molecule has 1 heterocycles. The van der Waals surface area contributed by atoms with Gasteiger partial charge in [0.15, 0.2) is 5.96 Å². The summed E-state index contributed by atoms with van der Waals surface area (Å²) in [7, 11) is 3.36. The number of carbonyl (C=O) groups excluding carboxylic acids is 1. The average molecular weight is 504 g/mol. The zero-order valence-corrected chi connectivity index (χ0v) is 19.8. The van der Waals surface area contributed by atoms with E-state index in [4.69, 9.17) is 9.47 Å². The van der Waals surface area contributed by atoms with Crippen molar-refractivity contribution in [3.63, 3.8) is 0 Å². The molecule has 3 N–H and O–H groups in total. The Morgan fingerprint density at radius 2 is 2.11 bits per heavy atom. The van der Waals surface area contributed by atoms with Crippen LogP contribution in [0.4, 0.5) is 0 Å². The zero-order valence-electron chi connectivity index (χ0n) is 17.4. The van der Waals surface area contributed by atoms with Crippen molar-refractivity contribution in [3.05, 3.63) is 29.3 Å². The molecule has 0 aromatic heterocycles. The Morgan fingerprint density at radius 3 is 2.71 bits per heavy atom. The lowest BCUT2D eigenvalue weighted by atomic mass is 9.92. The van der Waals surface area contributed by atoms with Crippen molar-refractivity contribution in [2.45, 2.75) is 39.8 Å². The van der Waals surface area contributed by atoms with Gasteiger partial charge in [0, 0.05) is 39.2 Å². The number of hydrogen-bond donors (Lipinski definition) is 3. The van der Waals surface area contributed by atoms with Gasteiger partial charge in [-0.1, -0.05) is 12.1 Å². The molecule has 7 nitrogen and oxygen atoms in total. The third-order valence-corrected chi connectivity index (χ3v) is 4.61. The molecule has 0 aliphatic carbocycles. The van der Waals surface area contributed by atoms with Crippen LogP contribution in [0.2, 0.25) is 0 Å². The maximum absolute atomic E-state index is 11.9. The first-order chi connectivity index (χ1) is 12.9. The summed E-state index contributed by atoms with van der Waals surface area (Å²) in [5, 5.41) is 9.20. The van der Waals surface area contributed by atoms with E-state index in [1.165, 1.54) is 0 Å².